The summed E-state index contributed by atoms with van der Waals surface area (Å²) in [5.74, 6) is 0.288. The minimum Gasteiger partial charge on any atom is -0.355 e. The van der Waals surface area contributed by atoms with Crippen molar-refractivity contribution in [3.8, 4) is 0 Å². The van der Waals surface area contributed by atoms with Crippen molar-refractivity contribution >= 4 is 21.8 Å². The average Bonchev–Trinajstić information content (AvgIpc) is 2.78. The van der Waals surface area contributed by atoms with Gasteiger partial charge >= 0.3 is 0 Å². The smallest absolute Gasteiger partial charge is 0.253 e. The molecule has 172 valence electrons. The molecule has 0 aromatic heterocycles. The number of benzene rings is 2. The van der Waals surface area contributed by atoms with Gasteiger partial charge in [0.05, 0.1) is 4.90 Å². The van der Waals surface area contributed by atoms with Gasteiger partial charge in [0.2, 0.25) is 10.0 Å². The third-order valence-corrected chi connectivity index (χ3v) is 7.63. The SMILES string of the molecule is CNC(=O)c1ccc(CN(C)C(=O)c2ccc(S(=O)(=O)N3CC(C)CC(C)C3)cc2)cc1. The normalized spacial score (nSPS) is 19.4. The van der Waals surface area contributed by atoms with Gasteiger partial charge in [0, 0.05) is 44.9 Å². The summed E-state index contributed by atoms with van der Waals surface area (Å²) in [5, 5.41) is 2.57. The average molecular weight is 458 g/mol. The van der Waals surface area contributed by atoms with E-state index >= 15 is 0 Å². The Balaban J connectivity index is 1.68. The highest BCUT2D eigenvalue weighted by Crippen LogP contribution is 2.27. The van der Waals surface area contributed by atoms with E-state index in [9.17, 15) is 18.0 Å². The van der Waals surface area contributed by atoms with E-state index in [0.29, 0.717) is 42.6 Å². The fourth-order valence-corrected chi connectivity index (χ4v) is 5.87. The maximum Gasteiger partial charge on any atom is 0.253 e. The molecule has 1 saturated heterocycles. The van der Waals surface area contributed by atoms with E-state index in [-0.39, 0.29) is 16.7 Å². The number of carbonyl (C=O) groups excluding carboxylic acids is 2. The van der Waals surface area contributed by atoms with Gasteiger partial charge in [-0.2, -0.15) is 4.31 Å². The van der Waals surface area contributed by atoms with Crippen LogP contribution in [0.3, 0.4) is 0 Å². The molecular formula is C24H31N3O4S. The van der Waals surface area contributed by atoms with Gasteiger partial charge in [-0.25, -0.2) is 8.42 Å². The monoisotopic (exact) mass is 457 g/mol. The predicted molar refractivity (Wildman–Crippen MR) is 124 cm³/mol. The van der Waals surface area contributed by atoms with Crippen LogP contribution in [0.4, 0.5) is 0 Å². The number of hydrogen-bond donors (Lipinski definition) is 1. The van der Waals surface area contributed by atoms with Gasteiger partial charge in [0.1, 0.15) is 0 Å². The Labute approximate surface area is 190 Å². The van der Waals surface area contributed by atoms with Gasteiger partial charge in [-0.15, -0.1) is 0 Å². The second kappa shape index (κ2) is 9.83. The molecule has 0 bridgehead atoms. The summed E-state index contributed by atoms with van der Waals surface area (Å²) < 4.78 is 27.6. The molecule has 0 aliphatic carbocycles. The van der Waals surface area contributed by atoms with Gasteiger partial charge < -0.3 is 10.2 Å². The van der Waals surface area contributed by atoms with Crippen LogP contribution in [0.5, 0.6) is 0 Å². The first-order valence-corrected chi connectivity index (χ1v) is 12.2. The zero-order valence-corrected chi connectivity index (χ0v) is 19.9. The standard InChI is InChI=1S/C24H31N3O4S/c1-17-13-18(2)15-27(14-17)32(30,31)22-11-9-21(10-12-22)24(29)26(4)16-19-5-7-20(8-6-19)23(28)25-3/h5-12,17-18H,13-16H2,1-4H3,(H,25,28). The molecule has 2 aromatic carbocycles. The molecule has 2 unspecified atom stereocenters. The summed E-state index contributed by atoms with van der Waals surface area (Å²) in [4.78, 5) is 26.2. The van der Waals surface area contributed by atoms with E-state index in [2.05, 4.69) is 19.2 Å². The van der Waals surface area contributed by atoms with Crippen molar-refractivity contribution in [3.63, 3.8) is 0 Å². The third-order valence-electron chi connectivity index (χ3n) is 5.78. The number of nitrogens with one attached hydrogen (secondary N) is 1. The summed E-state index contributed by atoms with van der Waals surface area (Å²) in [5.41, 5.74) is 1.87. The highest BCUT2D eigenvalue weighted by Gasteiger charge is 2.31. The van der Waals surface area contributed by atoms with E-state index in [1.807, 2.05) is 12.1 Å². The molecule has 1 heterocycles. The summed E-state index contributed by atoms with van der Waals surface area (Å²) in [6, 6.07) is 13.2. The summed E-state index contributed by atoms with van der Waals surface area (Å²) >= 11 is 0. The zero-order valence-electron chi connectivity index (χ0n) is 19.0. The van der Waals surface area contributed by atoms with Crippen LogP contribution in [0.15, 0.2) is 53.4 Å². The number of amides is 2. The van der Waals surface area contributed by atoms with E-state index < -0.39 is 10.0 Å². The van der Waals surface area contributed by atoms with Crippen LogP contribution in [0.1, 0.15) is 46.5 Å². The van der Waals surface area contributed by atoms with Crippen LogP contribution in [0.25, 0.3) is 0 Å². The Kier molecular flexibility index (Phi) is 7.36. The van der Waals surface area contributed by atoms with Crippen molar-refractivity contribution < 1.29 is 18.0 Å². The number of sulfonamides is 1. The number of carbonyl (C=O) groups is 2. The Hall–Kier alpha value is -2.71. The second-order valence-corrected chi connectivity index (χ2v) is 10.7. The van der Waals surface area contributed by atoms with Crippen molar-refractivity contribution in [1.82, 2.24) is 14.5 Å². The van der Waals surface area contributed by atoms with E-state index in [1.165, 1.54) is 12.1 Å². The Morgan fingerprint density at radius 2 is 1.50 bits per heavy atom. The van der Waals surface area contributed by atoms with Gasteiger partial charge in [0.15, 0.2) is 0 Å². The maximum atomic E-state index is 13.0. The summed E-state index contributed by atoms with van der Waals surface area (Å²) in [6.07, 6.45) is 1.03. The van der Waals surface area contributed by atoms with Crippen molar-refractivity contribution in [2.24, 2.45) is 11.8 Å². The van der Waals surface area contributed by atoms with Crippen LogP contribution in [0, 0.1) is 11.8 Å². The fraction of sp³-hybridized carbons (Fsp3) is 0.417. The molecule has 2 atom stereocenters. The third kappa shape index (κ3) is 5.37. The molecule has 2 aromatic rings. The molecular weight excluding hydrogens is 426 g/mol. The van der Waals surface area contributed by atoms with Crippen molar-refractivity contribution in [1.29, 1.82) is 0 Å². The lowest BCUT2D eigenvalue weighted by molar-refractivity contribution is 0.0784. The topological polar surface area (TPSA) is 86.8 Å². The Morgan fingerprint density at radius 3 is 2.03 bits per heavy atom. The first-order valence-electron chi connectivity index (χ1n) is 10.8. The minimum absolute atomic E-state index is 0.163. The van der Waals surface area contributed by atoms with E-state index in [1.54, 1.807) is 47.6 Å². The molecule has 0 radical (unpaired) electrons. The number of rotatable bonds is 6. The molecule has 0 spiro atoms. The number of hydrogen-bond acceptors (Lipinski definition) is 4. The molecule has 2 amide bonds. The molecule has 8 heteroatoms. The molecule has 1 aliphatic heterocycles. The number of piperidine rings is 1. The Bertz CT molecular complexity index is 1060. The largest absolute Gasteiger partial charge is 0.355 e. The first-order chi connectivity index (χ1) is 15.1. The fourth-order valence-electron chi connectivity index (χ4n) is 4.19. The molecule has 1 fully saturated rings. The second-order valence-electron chi connectivity index (χ2n) is 8.73. The molecule has 3 rings (SSSR count). The molecule has 0 saturated carbocycles. The maximum absolute atomic E-state index is 13.0. The molecule has 1 N–H and O–H groups in total. The highest BCUT2D eigenvalue weighted by atomic mass is 32.2. The van der Waals surface area contributed by atoms with Gasteiger partial charge in [-0.05, 0) is 60.2 Å². The first kappa shape index (κ1) is 23.9. The molecule has 32 heavy (non-hydrogen) atoms. The van der Waals surface area contributed by atoms with Crippen LogP contribution < -0.4 is 5.32 Å². The van der Waals surface area contributed by atoms with Crippen LogP contribution in [0.2, 0.25) is 0 Å². The lowest BCUT2D eigenvalue weighted by Crippen LogP contribution is -2.42. The van der Waals surface area contributed by atoms with Gasteiger partial charge in [-0.1, -0.05) is 26.0 Å². The van der Waals surface area contributed by atoms with Gasteiger partial charge in [-0.3, -0.25) is 9.59 Å². The van der Waals surface area contributed by atoms with Crippen molar-refractivity contribution in [3.05, 3.63) is 65.2 Å². The van der Waals surface area contributed by atoms with Crippen molar-refractivity contribution in [2.75, 3.05) is 27.2 Å². The minimum atomic E-state index is -3.58. The van der Waals surface area contributed by atoms with E-state index in [0.717, 1.165) is 12.0 Å². The van der Waals surface area contributed by atoms with Crippen molar-refractivity contribution in [2.45, 2.75) is 31.7 Å². The lowest BCUT2D eigenvalue weighted by Gasteiger charge is -2.34. The molecule has 7 nitrogen and oxygen atoms in total. The highest BCUT2D eigenvalue weighted by molar-refractivity contribution is 7.89. The zero-order chi connectivity index (χ0) is 23.5. The molecule has 1 aliphatic rings. The number of nitrogens with zero attached hydrogens (tertiary/aromatic N) is 2. The van der Waals surface area contributed by atoms with Crippen LogP contribution >= 0.6 is 0 Å². The van der Waals surface area contributed by atoms with E-state index in [4.69, 9.17) is 0 Å². The predicted octanol–water partition coefficient (Wildman–Crippen LogP) is 2.99. The quantitative estimate of drug-likeness (QED) is 0.723. The lowest BCUT2D eigenvalue weighted by atomic mass is 9.94. The van der Waals surface area contributed by atoms with Gasteiger partial charge in [0.25, 0.3) is 11.8 Å². The summed E-state index contributed by atoms with van der Waals surface area (Å²) in [6.45, 7) is 5.56. The summed E-state index contributed by atoms with van der Waals surface area (Å²) in [7, 11) is -0.310. The Morgan fingerprint density at radius 1 is 0.969 bits per heavy atom. The van der Waals surface area contributed by atoms with Crippen LogP contribution in [-0.2, 0) is 16.6 Å². The van der Waals surface area contributed by atoms with Crippen LogP contribution in [-0.4, -0.2) is 56.6 Å².